The topological polar surface area (TPSA) is 141 Å². The highest BCUT2D eigenvalue weighted by atomic mass is 32.2. The lowest BCUT2D eigenvalue weighted by Gasteiger charge is -2.56. The molecule has 8 nitrogen and oxygen atoms in total. The fourth-order valence-corrected chi connectivity index (χ4v) is 19.9. The summed E-state index contributed by atoms with van der Waals surface area (Å²) in [5.41, 5.74) is 4.64. The fourth-order valence-electron chi connectivity index (χ4n) is 13.1. The van der Waals surface area contributed by atoms with Crippen molar-refractivity contribution >= 4 is 76.1 Å². The number of carboxylic acids is 3. The number of hydrogen-bond acceptors (Lipinski definition) is 6. The van der Waals surface area contributed by atoms with Gasteiger partial charge in [-0.1, -0.05) is 172 Å². The average molecular weight is 1270 g/mol. The van der Waals surface area contributed by atoms with Crippen LogP contribution >= 0.6 is 10.5 Å². The number of carbonyl (C=O) groups excluding carboxylic acids is 2. The third-order valence-corrected chi connectivity index (χ3v) is 24.6. The van der Waals surface area contributed by atoms with Crippen molar-refractivity contribution < 1.29 is 39.2 Å². The second-order valence-electron chi connectivity index (χ2n) is 27.1. The lowest BCUT2D eigenvalue weighted by Crippen LogP contribution is -2.57. The molecule has 10 aromatic rings. The second kappa shape index (κ2) is 27.3. The van der Waals surface area contributed by atoms with Crippen LogP contribution in [0, 0.1) is 23.2 Å². The number of methoxy groups -OCH3 is 1. The summed E-state index contributed by atoms with van der Waals surface area (Å²) in [7, 11) is 0.707. The number of Topliss-reactive ketones (excluding diaryl/α,β-unsaturated/α-hetero) is 1. The third kappa shape index (κ3) is 14.6. The molecule has 11 heteroatoms. The van der Waals surface area contributed by atoms with E-state index in [1.54, 1.807) is 37.4 Å². The fraction of sp³-hybridized carbons (Fsp3) is 0.275. The third-order valence-electron chi connectivity index (χ3n) is 17.7. The van der Waals surface area contributed by atoms with Crippen molar-refractivity contribution in [3.8, 4) is 10.6 Å². The molecule has 2 N–H and O–H groups in total. The summed E-state index contributed by atoms with van der Waals surface area (Å²) >= 11 is 0. The zero-order chi connectivity index (χ0) is 65.0. The lowest BCUT2D eigenvalue weighted by atomic mass is 9.49. The molecule has 2 unspecified atom stereocenters. The number of carboxylic acid groups (broad SMARTS) is 3. The number of hydrogen-bond donors (Lipinski definition) is 2. The second-order valence-corrected chi connectivity index (χ2v) is 33.1. The van der Waals surface area contributed by atoms with Gasteiger partial charge in [-0.3, -0.25) is 4.79 Å². The van der Waals surface area contributed by atoms with E-state index in [0.29, 0.717) is 30.1 Å². The van der Waals surface area contributed by atoms with Crippen LogP contribution in [0.4, 0.5) is 0 Å². The van der Waals surface area contributed by atoms with E-state index in [9.17, 15) is 34.5 Å². The summed E-state index contributed by atoms with van der Waals surface area (Å²) in [6.07, 6.45) is 3.74. The molecular weight excluding hydrogens is 1190 g/mol. The number of aliphatic carboxylic acids is 1. The minimum absolute atomic E-state index is 0.0409. The maximum Gasteiger partial charge on any atom is 0.340 e. The Balaban J connectivity index is 0.000000137. The van der Waals surface area contributed by atoms with Gasteiger partial charge < -0.3 is 24.9 Å². The summed E-state index contributed by atoms with van der Waals surface area (Å²) in [4.78, 5) is 54.0. The first-order chi connectivity index (χ1) is 43.3. The van der Waals surface area contributed by atoms with Gasteiger partial charge in [0.15, 0.2) is 44.5 Å². The maximum absolute atomic E-state index is 11.7. The molecule has 4 aliphatic carbocycles. The molecule has 0 amide bonds. The molecule has 4 fully saturated rings. The zero-order valence-electron chi connectivity index (χ0n) is 53.7. The summed E-state index contributed by atoms with van der Waals surface area (Å²) in [6.45, 7) is 20.5. The first kappa shape index (κ1) is 65.7. The molecule has 91 heavy (non-hydrogen) atoms. The summed E-state index contributed by atoms with van der Waals surface area (Å²) in [5.74, 6) is -1.12. The van der Waals surface area contributed by atoms with E-state index in [1.807, 2.05) is 72.8 Å². The lowest BCUT2D eigenvalue weighted by molar-refractivity contribution is -0.325. The van der Waals surface area contributed by atoms with Crippen LogP contribution in [-0.2, 0) is 47.6 Å². The Morgan fingerprint density at radius 1 is 0.484 bits per heavy atom. The van der Waals surface area contributed by atoms with E-state index < -0.39 is 34.2 Å². The molecular formula is C80H82O8S3+2. The van der Waals surface area contributed by atoms with Crippen LogP contribution in [-0.4, -0.2) is 41.0 Å². The van der Waals surface area contributed by atoms with E-state index in [2.05, 4.69) is 184 Å². The van der Waals surface area contributed by atoms with Crippen molar-refractivity contribution in [1.29, 1.82) is 0 Å². The van der Waals surface area contributed by atoms with Gasteiger partial charge in [0.05, 0.1) is 23.6 Å². The van der Waals surface area contributed by atoms with Gasteiger partial charge in [0.1, 0.15) is 22.2 Å². The average Bonchev–Trinajstić information content (AvgIpc) is 1.73. The minimum atomic E-state index is -0.928. The van der Waals surface area contributed by atoms with E-state index in [1.165, 1.54) is 51.5 Å². The van der Waals surface area contributed by atoms with Crippen LogP contribution in [0.5, 0.6) is 5.75 Å². The molecule has 9 aromatic carbocycles. The summed E-state index contributed by atoms with van der Waals surface area (Å²) < 4.78 is 7.95. The monoisotopic (exact) mass is 1270 g/mol. The number of ether oxygens (including phenoxy) is 1. The van der Waals surface area contributed by atoms with Crippen molar-refractivity contribution in [3.63, 3.8) is 0 Å². The van der Waals surface area contributed by atoms with Gasteiger partial charge in [-0.25, -0.2) is 9.59 Å². The van der Waals surface area contributed by atoms with Gasteiger partial charge in [0, 0.05) is 50.5 Å². The van der Waals surface area contributed by atoms with Gasteiger partial charge in [-0.05, 0) is 180 Å². The predicted molar refractivity (Wildman–Crippen MR) is 371 cm³/mol. The van der Waals surface area contributed by atoms with Crippen LogP contribution in [0.3, 0.4) is 0 Å². The van der Waals surface area contributed by atoms with Crippen molar-refractivity contribution in [2.45, 2.75) is 140 Å². The number of thiophene rings is 1. The molecule has 1 aromatic heterocycles. The van der Waals surface area contributed by atoms with Gasteiger partial charge >= 0.3 is 11.9 Å². The quantitative estimate of drug-likeness (QED) is 0.122. The summed E-state index contributed by atoms with van der Waals surface area (Å²) in [6, 6.07) is 76.8. The standard InChI is InChI=1S/C30H39S.C20H14O3S.C19H14O2S.C11H14O3/c1-28(2,3)22-10-16-25(17-11-22)31(26-18-12-23(13-19-26)29(4,5)6)27-20-14-24(15-21-27)30(7,8)9;1-23-16-11-10-13(20(21)22)12-19(16)24-17-8-4-2-6-14(17)15-7-3-5-9-18(15)24;20-19(21)17-13-7-8-14-18(17)22(15-9-3-1-4-10-15)16-11-5-2-6-12-16;12-9-7-1-6-2-8(9)5-11(3-6,4-7)10(13)14/h10-21H,1-9H3;2-12H,1H3;1-14H;6-8H,1-5H2,(H,13,14)/q+1;;;/p+1. The van der Waals surface area contributed by atoms with Gasteiger partial charge in [-0.2, -0.15) is 0 Å². The van der Waals surface area contributed by atoms with E-state index in [4.69, 9.17) is 4.74 Å². The van der Waals surface area contributed by atoms with E-state index in [0.717, 1.165) is 44.6 Å². The minimum Gasteiger partial charge on any atom is -0.550 e. The Morgan fingerprint density at radius 3 is 1.27 bits per heavy atom. The highest BCUT2D eigenvalue weighted by Crippen LogP contribution is 2.58. The normalized spacial score (nSPS) is 17.5. The Morgan fingerprint density at radius 2 is 0.879 bits per heavy atom. The molecule has 466 valence electrons. The molecule has 4 aliphatic rings. The molecule has 0 aliphatic heterocycles. The van der Waals surface area contributed by atoms with Crippen LogP contribution in [0.2, 0.25) is 0 Å². The Labute approximate surface area is 545 Å². The van der Waals surface area contributed by atoms with Crippen LogP contribution in [0.25, 0.3) is 25.1 Å². The molecule has 1 heterocycles. The first-order valence-corrected chi connectivity index (χ1v) is 34.8. The first-order valence-electron chi connectivity index (χ1n) is 31.2. The number of aromatic carboxylic acids is 2. The largest absolute Gasteiger partial charge is 0.550 e. The van der Waals surface area contributed by atoms with E-state index >= 15 is 0 Å². The predicted octanol–water partition coefficient (Wildman–Crippen LogP) is 18.7. The van der Waals surface area contributed by atoms with Crippen LogP contribution < -0.4 is 9.84 Å². The SMILES string of the molecule is CC(C)(C)c1ccc([S+](c2ccc(C(C)(C)C)cc2)c2ccc(C(C)(C)C)cc2)cc1.COc1ccc(C(=O)O)cc1-[s+]1c2ccccc2c2ccccc21.O=C(O)c1ccccc1[S+](c1ccccc1)c1ccccc1.O=C1C2CC3CC1CC(C(=O)[O-])(C3)C2. The molecule has 2 atom stereocenters. The van der Waals surface area contributed by atoms with Crippen LogP contribution in [0.15, 0.2) is 254 Å². The Bertz CT molecular complexity index is 3960. The number of fused-ring (bicyclic) bond motifs is 3. The van der Waals surface area contributed by atoms with Crippen LogP contribution in [0.1, 0.15) is 132 Å². The highest BCUT2D eigenvalue weighted by molar-refractivity contribution is 7.97. The van der Waals surface area contributed by atoms with Gasteiger partial charge in [-0.15, -0.1) is 0 Å². The van der Waals surface area contributed by atoms with Crippen molar-refractivity contribution in [2.24, 2.45) is 23.2 Å². The maximum atomic E-state index is 11.7. The smallest absolute Gasteiger partial charge is 0.340 e. The number of ketones is 1. The Kier molecular flexibility index (Phi) is 19.7. The zero-order valence-corrected chi connectivity index (χ0v) is 56.1. The molecule has 0 radical (unpaired) electrons. The van der Waals surface area contributed by atoms with Gasteiger partial charge in [0.2, 0.25) is 4.90 Å². The van der Waals surface area contributed by atoms with E-state index in [-0.39, 0.29) is 55.0 Å². The highest BCUT2D eigenvalue weighted by Gasteiger charge is 2.55. The number of benzene rings is 9. The van der Waals surface area contributed by atoms with Crippen molar-refractivity contribution in [3.05, 3.63) is 252 Å². The molecule has 14 rings (SSSR count). The number of rotatable bonds is 11. The molecule has 0 spiro atoms. The molecule has 0 saturated heterocycles. The number of carbonyl (C=O) groups is 4. The van der Waals surface area contributed by atoms with Gasteiger partial charge in [0.25, 0.3) is 0 Å². The molecule has 4 saturated carbocycles. The van der Waals surface area contributed by atoms with Crippen molar-refractivity contribution in [2.75, 3.05) is 7.11 Å². The van der Waals surface area contributed by atoms with Crippen molar-refractivity contribution in [1.82, 2.24) is 0 Å². The summed E-state index contributed by atoms with van der Waals surface area (Å²) in [5, 5.41) is 32.4. The Hall–Kier alpha value is -8.22. The molecule has 4 bridgehead atoms.